The van der Waals surface area contributed by atoms with Crippen LogP contribution in [0.2, 0.25) is 0 Å². The van der Waals surface area contributed by atoms with Crippen molar-refractivity contribution in [2.75, 3.05) is 0 Å². The maximum absolute atomic E-state index is 7.31. The van der Waals surface area contributed by atoms with Crippen molar-refractivity contribution in [3.05, 3.63) is 33.4 Å². The molecule has 0 saturated heterocycles. The molecule has 0 aromatic heterocycles. The van der Waals surface area contributed by atoms with Crippen LogP contribution in [-0.4, -0.2) is 9.69 Å². The van der Waals surface area contributed by atoms with E-state index in [2.05, 4.69) is 22.6 Å². The van der Waals surface area contributed by atoms with Crippen molar-refractivity contribution < 1.29 is 4.74 Å². The number of ether oxygens (including phenoxy) is 1. The minimum Gasteiger partial charge on any atom is -0.473 e. The first-order valence-corrected chi connectivity index (χ1v) is 6.14. The highest BCUT2D eigenvalue weighted by Gasteiger charge is 2.28. The number of halogens is 4. The number of hydrogen-bond acceptors (Lipinski definition) is 2. The van der Waals surface area contributed by atoms with Gasteiger partial charge in [-0.3, -0.25) is 5.41 Å². The molecule has 0 bridgehead atoms. The molecule has 2 nitrogen and oxygen atoms in total. The first-order valence-electron chi connectivity index (χ1n) is 3.92. The lowest BCUT2D eigenvalue weighted by molar-refractivity contribution is 0.284. The van der Waals surface area contributed by atoms with Crippen molar-refractivity contribution in [3.8, 4) is 0 Å². The van der Waals surface area contributed by atoms with E-state index in [9.17, 15) is 0 Å². The summed E-state index contributed by atoms with van der Waals surface area (Å²) in [5.74, 6) is -0.369. The zero-order valence-electron chi connectivity index (χ0n) is 7.44. The van der Waals surface area contributed by atoms with E-state index in [1.807, 2.05) is 24.3 Å². The lowest BCUT2D eigenvalue weighted by Gasteiger charge is -2.13. The Labute approximate surface area is 116 Å². The predicted molar refractivity (Wildman–Crippen MR) is 72.0 cm³/mol. The molecule has 1 rings (SSSR count). The molecule has 82 valence electrons. The fourth-order valence-corrected chi connectivity index (χ4v) is 1.34. The van der Waals surface area contributed by atoms with Gasteiger partial charge in [-0.25, -0.2) is 0 Å². The lowest BCUT2D eigenvalue weighted by Crippen LogP contribution is -2.20. The second-order valence-electron chi connectivity index (χ2n) is 2.74. The number of hydrogen-bond donors (Lipinski definition) is 1. The van der Waals surface area contributed by atoms with E-state index >= 15 is 0 Å². The zero-order valence-corrected chi connectivity index (χ0v) is 11.9. The quantitative estimate of drug-likeness (QED) is 0.357. The molecule has 0 unspecified atom stereocenters. The van der Waals surface area contributed by atoms with Crippen LogP contribution in [0, 0.1) is 8.98 Å². The van der Waals surface area contributed by atoms with Crippen LogP contribution in [0.4, 0.5) is 0 Å². The SMILES string of the molecule is N=C(OCc1ccc(I)cc1)C(Cl)(Cl)Cl. The van der Waals surface area contributed by atoms with Gasteiger partial charge in [0.15, 0.2) is 0 Å². The average molecular weight is 378 g/mol. The van der Waals surface area contributed by atoms with Crippen molar-refractivity contribution in [2.24, 2.45) is 0 Å². The Morgan fingerprint density at radius 1 is 1.27 bits per heavy atom. The molecular weight excluding hydrogens is 371 g/mol. The molecule has 1 N–H and O–H groups in total. The van der Waals surface area contributed by atoms with Crippen LogP contribution in [0.25, 0.3) is 0 Å². The van der Waals surface area contributed by atoms with E-state index in [1.54, 1.807) is 0 Å². The van der Waals surface area contributed by atoms with Gasteiger partial charge in [-0.15, -0.1) is 0 Å². The molecule has 6 heteroatoms. The van der Waals surface area contributed by atoms with Gasteiger partial charge in [0.25, 0.3) is 3.79 Å². The normalized spacial score (nSPS) is 11.2. The minimum absolute atomic E-state index is 0.226. The van der Waals surface area contributed by atoms with Gasteiger partial charge in [-0.2, -0.15) is 0 Å². The highest BCUT2D eigenvalue weighted by Crippen LogP contribution is 2.28. The molecular formula is C9H7Cl3INO. The summed E-state index contributed by atoms with van der Waals surface area (Å²) in [6, 6.07) is 7.68. The van der Waals surface area contributed by atoms with Crippen molar-refractivity contribution in [3.63, 3.8) is 0 Å². The van der Waals surface area contributed by atoms with Crippen LogP contribution in [0.1, 0.15) is 5.56 Å². The van der Waals surface area contributed by atoms with Crippen LogP contribution >= 0.6 is 57.4 Å². The summed E-state index contributed by atoms with van der Waals surface area (Å²) in [6.07, 6.45) is 0. The van der Waals surface area contributed by atoms with Crippen molar-refractivity contribution in [1.82, 2.24) is 0 Å². The molecule has 0 aliphatic carbocycles. The molecule has 0 saturated carbocycles. The maximum atomic E-state index is 7.31. The van der Waals surface area contributed by atoms with Crippen LogP contribution in [0.15, 0.2) is 24.3 Å². The second-order valence-corrected chi connectivity index (χ2v) is 6.27. The maximum Gasteiger partial charge on any atom is 0.265 e. The first-order chi connectivity index (χ1) is 6.89. The Morgan fingerprint density at radius 2 is 1.80 bits per heavy atom. The molecule has 1 aromatic rings. The van der Waals surface area contributed by atoms with Crippen LogP contribution in [-0.2, 0) is 11.3 Å². The van der Waals surface area contributed by atoms with E-state index in [-0.39, 0.29) is 12.5 Å². The van der Waals surface area contributed by atoms with Gasteiger partial charge in [0.1, 0.15) is 6.61 Å². The standard InChI is InChI=1S/C9H7Cl3INO/c10-9(11,12)8(14)15-5-6-1-3-7(13)4-2-6/h1-4,14H,5H2. The topological polar surface area (TPSA) is 33.1 Å². The molecule has 0 radical (unpaired) electrons. The molecule has 0 heterocycles. The van der Waals surface area contributed by atoms with E-state index < -0.39 is 3.79 Å². The van der Waals surface area contributed by atoms with Crippen molar-refractivity contribution in [1.29, 1.82) is 5.41 Å². The summed E-state index contributed by atoms with van der Waals surface area (Å²) >= 11 is 18.6. The molecule has 0 spiro atoms. The predicted octanol–water partition coefficient (Wildman–Crippen LogP) is 4.16. The number of alkyl halides is 3. The van der Waals surface area contributed by atoms with Gasteiger partial charge in [0, 0.05) is 3.57 Å². The van der Waals surface area contributed by atoms with E-state index in [4.69, 9.17) is 44.9 Å². The Bertz CT molecular complexity index is 347. The molecule has 15 heavy (non-hydrogen) atoms. The highest BCUT2D eigenvalue weighted by molar-refractivity contribution is 14.1. The summed E-state index contributed by atoms with van der Waals surface area (Å²) in [4.78, 5) is 0. The smallest absolute Gasteiger partial charge is 0.265 e. The summed E-state index contributed by atoms with van der Waals surface area (Å²) in [5.41, 5.74) is 0.925. The van der Waals surface area contributed by atoms with Gasteiger partial charge < -0.3 is 4.74 Å². The first kappa shape index (κ1) is 13.4. The van der Waals surface area contributed by atoms with Gasteiger partial charge >= 0.3 is 0 Å². The monoisotopic (exact) mass is 377 g/mol. The molecule has 0 fully saturated rings. The minimum atomic E-state index is -1.79. The molecule has 0 aliphatic rings. The fraction of sp³-hybridized carbons (Fsp3) is 0.222. The van der Waals surface area contributed by atoms with Crippen molar-refractivity contribution >= 4 is 63.3 Å². The fourth-order valence-electron chi connectivity index (χ4n) is 0.818. The van der Waals surface area contributed by atoms with Crippen LogP contribution in [0.5, 0.6) is 0 Å². The lowest BCUT2D eigenvalue weighted by atomic mass is 10.2. The third kappa shape index (κ3) is 4.76. The number of nitrogens with one attached hydrogen (secondary N) is 1. The molecule has 0 amide bonds. The number of benzene rings is 1. The van der Waals surface area contributed by atoms with Crippen LogP contribution < -0.4 is 0 Å². The Balaban J connectivity index is 2.51. The molecule has 1 aromatic carbocycles. The highest BCUT2D eigenvalue weighted by atomic mass is 127. The molecule has 0 aliphatic heterocycles. The van der Waals surface area contributed by atoms with Gasteiger partial charge in [-0.05, 0) is 40.3 Å². The van der Waals surface area contributed by atoms with Gasteiger partial charge in [0.05, 0.1) is 0 Å². The Hall–Kier alpha value is 0.290. The van der Waals surface area contributed by atoms with E-state index in [0.717, 1.165) is 9.13 Å². The van der Waals surface area contributed by atoms with Gasteiger partial charge in [-0.1, -0.05) is 46.9 Å². The Morgan fingerprint density at radius 3 is 2.27 bits per heavy atom. The summed E-state index contributed by atoms with van der Waals surface area (Å²) < 4.78 is 4.36. The second kappa shape index (κ2) is 5.57. The third-order valence-corrected chi connectivity index (χ3v) is 2.79. The molecule has 0 atom stereocenters. The van der Waals surface area contributed by atoms with Gasteiger partial charge in [0.2, 0.25) is 5.90 Å². The largest absolute Gasteiger partial charge is 0.473 e. The average Bonchev–Trinajstić information content (AvgIpc) is 2.15. The summed E-state index contributed by atoms with van der Waals surface area (Å²) in [6.45, 7) is 0.226. The zero-order chi connectivity index (χ0) is 11.5. The van der Waals surface area contributed by atoms with Crippen molar-refractivity contribution in [2.45, 2.75) is 10.4 Å². The third-order valence-electron chi connectivity index (χ3n) is 1.55. The summed E-state index contributed by atoms with van der Waals surface area (Å²) in [7, 11) is 0. The Kier molecular flexibility index (Phi) is 4.96. The summed E-state index contributed by atoms with van der Waals surface area (Å²) in [5, 5.41) is 7.31. The van der Waals surface area contributed by atoms with E-state index in [0.29, 0.717) is 0 Å². The van der Waals surface area contributed by atoms with Crippen LogP contribution in [0.3, 0.4) is 0 Å². The number of rotatable bonds is 2. The van der Waals surface area contributed by atoms with E-state index in [1.165, 1.54) is 0 Å².